The van der Waals surface area contributed by atoms with Crippen LogP contribution in [-0.2, 0) is 18.9 Å². The zero-order valence-corrected chi connectivity index (χ0v) is 7.31. The van der Waals surface area contributed by atoms with Gasteiger partial charge in [-0.25, -0.2) is 0 Å². The van der Waals surface area contributed by atoms with E-state index in [2.05, 4.69) is 4.65 Å². The zero-order chi connectivity index (χ0) is 9.61. The molecule has 0 aromatic rings. The molecule has 12 heavy (non-hydrogen) atoms. The molecule has 0 radical (unpaired) electrons. The van der Waals surface area contributed by atoms with Crippen molar-refractivity contribution in [1.29, 1.82) is 0 Å². The minimum Gasteiger partial charge on any atom is -0.402 e. The maximum absolute atomic E-state index is 8.49. The predicted octanol–water partition coefficient (Wildman–Crippen LogP) is -1.43. The molecule has 0 aromatic heterocycles. The molecule has 2 N–H and O–H groups in total. The fourth-order valence-corrected chi connectivity index (χ4v) is 0.669. The average molecular weight is 180 g/mol. The first kappa shape index (κ1) is 11.8. The lowest BCUT2D eigenvalue weighted by molar-refractivity contribution is -0.348. The van der Waals surface area contributed by atoms with Crippen LogP contribution < -0.4 is 0 Å². The van der Waals surface area contributed by atoms with Crippen molar-refractivity contribution in [2.24, 2.45) is 0 Å². The van der Waals surface area contributed by atoms with Crippen LogP contribution in [0.3, 0.4) is 0 Å². The molecule has 0 aliphatic heterocycles. The van der Waals surface area contributed by atoms with Gasteiger partial charge in [0, 0.05) is 21.3 Å². The summed E-state index contributed by atoms with van der Waals surface area (Å²) >= 11 is 0. The molecule has 0 spiro atoms. The number of ether oxygens (including phenoxy) is 3. The molecule has 0 atom stereocenters. The molecular weight excluding hydrogens is 167 g/mol. The first-order chi connectivity index (χ1) is 5.60. The summed E-state index contributed by atoms with van der Waals surface area (Å²) in [6.07, 6.45) is 0. The van der Waals surface area contributed by atoms with Crippen molar-refractivity contribution in [3.8, 4) is 0 Å². The Morgan fingerprint density at radius 1 is 1.17 bits per heavy atom. The highest BCUT2D eigenvalue weighted by atomic mass is 16.9. The predicted molar refractivity (Wildman–Crippen MR) is 39.9 cm³/mol. The Morgan fingerprint density at radius 3 is 1.92 bits per heavy atom. The molecule has 0 saturated heterocycles. The fourth-order valence-electron chi connectivity index (χ4n) is 0.669. The highest BCUT2D eigenvalue weighted by Crippen LogP contribution is 2.13. The third-order valence-corrected chi connectivity index (χ3v) is 1.23. The van der Waals surface area contributed by atoms with Gasteiger partial charge in [0.1, 0.15) is 6.61 Å². The van der Waals surface area contributed by atoms with Crippen LogP contribution >= 0.6 is 0 Å². The summed E-state index contributed by atoms with van der Waals surface area (Å²) in [5.41, 5.74) is 0. The van der Waals surface area contributed by atoms with Gasteiger partial charge in [0.05, 0.1) is 0 Å². The van der Waals surface area contributed by atoms with Gasteiger partial charge < -0.3 is 28.9 Å². The topological polar surface area (TPSA) is 77.4 Å². The Kier molecular flexibility index (Phi) is 5.39. The van der Waals surface area contributed by atoms with Crippen LogP contribution in [0.2, 0.25) is 0 Å². The first-order valence-electron chi connectivity index (χ1n) is 3.23. The molecule has 0 heterocycles. The van der Waals surface area contributed by atoms with E-state index in [1.54, 1.807) is 0 Å². The Morgan fingerprint density at radius 2 is 1.67 bits per heavy atom. The van der Waals surface area contributed by atoms with Gasteiger partial charge in [-0.05, 0) is 0 Å². The molecule has 0 bridgehead atoms. The summed E-state index contributed by atoms with van der Waals surface area (Å²) in [7, 11) is 2.02. The van der Waals surface area contributed by atoms with Crippen LogP contribution in [0.5, 0.6) is 0 Å². The Balaban J connectivity index is 4.13. The average Bonchev–Trinajstić information content (AvgIpc) is 2.03. The van der Waals surface area contributed by atoms with Gasteiger partial charge in [-0.15, -0.1) is 0 Å². The lowest BCUT2D eigenvalue weighted by Gasteiger charge is -2.29. The Labute approximate surface area is 71.2 Å². The van der Waals surface area contributed by atoms with E-state index in [1.807, 2.05) is 0 Å². The molecule has 0 rings (SSSR count). The van der Waals surface area contributed by atoms with Gasteiger partial charge in [-0.2, -0.15) is 0 Å². The van der Waals surface area contributed by atoms with Crippen LogP contribution in [0, 0.1) is 0 Å². The van der Waals surface area contributed by atoms with E-state index in [0.717, 1.165) is 0 Å². The fraction of sp³-hybridized carbons (Fsp3) is 1.00. The number of hydrogen-bond acceptors (Lipinski definition) is 6. The van der Waals surface area contributed by atoms with Crippen LogP contribution in [0.4, 0.5) is 0 Å². The van der Waals surface area contributed by atoms with Gasteiger partial charge >= 0.3 is 7.32 Å². The van der Waals surface area contributed by atoms with E-state index >= 15 is 0 Å². The summed E-state index contributed by atoms with van der Waals surface area (Å²) in [5.74, 6) is -1.57. The van der Waals surface area contributed by atoms with Crippen molar-refractivity contribution >= 4 is 7.32 Å². The molecule has 0 fully saturated rings. The lowest BCUT2D eigenvalue weighted by Crippen LogP contribution is -2.46. The standard InChI is InChI=1S/C5H13BO6/c1-9-4-5(10-2,11-3)12-6(7)8/h7-8H,4H2,1-3H3. The Hall–Kier alpha value is -0.175. The van der Waals surface area contributed by atoms with Crippen molar-refractivity contribution in [2.45, 2.75) is 5.97 Å². The van der Waals surface area contributed by atoms with E-state index < -0.39 is 13.3 Å². The molecule has 0 amide bonds. The van der Waals surface area contributed by atoms with E-state index in [-0.39, 0.29) is 6.61 Å². The summed E-state index contributed by atoms with van der Waals surface area (Å²) in [6, 6.07) is 0. The highest BCUT2D eigenvalue weighted by Gasteiger charge is 2.35. The second kappa shape index (κ2) is 5.47. The van der Waals surface area contributed by atoms with Crippen molar-refractivity contribution in [2.75, 3.05) is 27.9 Å². The summed E-state index contributed by atoms with van der Waals surface area (Å²) in [4.78, 5) is 0. The lowest BCUT2D eigenvalue weighted by atomic mass is 10.2. The minimum atomic E-state index is -1.97. The van der Waals surface area contributed by atoms with Gasteiger partial charge in [0.25, 0.3) is 5.97 Å². The van der Waals surface area contributed by atoms with Crippen molar-refractivity contribution in [3.05, 3.63) is 0 Å². The third-order valence-electron chi connectivity index (χ3n) is 1.23. The number of hydrogen-bond donors (Lipinski definition) is 2. The van der Waals surface area contributed by atoms with Crippen molar-refractivity contribution in [3.63, 3.8) is 0 Å². The van der Waals surface area contributed by atoms with Crippen LogP contribution in [0.25, 0.3) is 0 Å². The van der Waals surface area contributed by atoms with Gasteiger partial charge in [-0.3, -0.25) is 0 Å². The molecule has 7 heteroatoms. The molecule has 0 aliphatic carbocycles. The smallest absolute Gasteiger partial charge is 0.402 e. The molecular formula is C5H13BO6. The monoisotopic (exact) mass is 180 g/mol. The maximum Gasteiger partial charge on any atom is 0.637 e. The van der Waals surface area contributed by atoms with E-state index in [9.17, 15) is 0 Å². The molecule has 0 saturated carbocycles. The van der Waals surface area contributed by atoms with Gasteiger partial charge in [-0.1, -0.05) is 0 Å². The van der Waals surface area contributed by atoms with E-state index in [1.165, 1.54) is 21.3 Å². The second-order valence-corrected chi connectivity index (χ2v) is 1.97. The first-order valence-corrected chi connectivity index (χ1v) is 3.23. The highest BCUT2D eigenvalue weighted by molar-refractivity contribution is 6.32. The SMILES string of the molecule is COCC(OC)(OC)OB(O)O. The molecule has 72 valence electrons. The second-order valence-electron chi connectivity index (χ2n) is 1.97. The molecule has 0 unspecified atom stereocenters. The summed E-state index contributed by atoms with van der Waals surface area (Å²) in [5, 5.41) is 17.0. The zero-order valence-electron chi connectivity index (χ0n) is 7.31. The molecule has 0 aliphatic rings. The third kappa shape index (κ3) is 3.48. The largest absolute Gasteiger partial charge is 0.637 e. The maximum atomic E-state index is 8.49. The molecule has 0 aromatic carbocycles. The normalized spacial score (nSPS) is 11.8. The Bertz CT molecular complexity index is 115. The van der Waals surface area contributed by atoms with Crippen molar-refractivity contribution < 1.29 is 28.9 Å². The van der Waals surface area contributed by atoms with Gasteiger partial charge in [0.15, 0.2) is 0 Å². The van der Waals surface area contributed by atoms with Gasteiger partial charge in [0.2, 0.25) is 0 Å². The van der Waals surface area contributed by atoms with Crippen LogP contribution in [-0.4, -0.2) is 51.3 Å². The summed E-state index contributed by atoms with van der Waals surface area (Å²) in [6.45, 7) is -0.0718. The summed E-state index contributed by atoms with van der Waals surface area (Å²) < 4.78 is 18.7. The van der Waals surface area contributed by atoms with Crippen molar-refractivity contribution in [1.82, 2.24) is 0 Å². The van der Waals surface area contributed by atoms with Crippen LogP contribution in [0.15, 0.2) is 0 Å². The quantitative estimate of drug-likeness (QED) is 0.385. The minimum absolute atomic E-state index is 0.0718. The number of methoxy groups -OCH3 is 3. The van der Waals surface area contributed by atoms with Crippen LogP contribution in [0.1, 0.15) is 0 Å². The van der Waals surface area contributed by atoms with E-state index in [4.69, 9.17) is 24.3 Å². The van der Waals surface area contributed by atoms with E-state index in [0.29, 0.717) is 0 Å². The molecule has 6 nitrogen and oxygen atoms in total. The number of rotatable bonds is 6.